The van der Waals surface area contributed by atoms with Crippen LogP contribution in [0.5, 0.6) is 0 Å². The van der Waals surface area contributed by atoms with Crippen molar-refractivity contribution in [3.63, 3.8) is 0 Å². The van der Waals surface area contributed by atoms with Gasteiger partial charge >= 0.3 is 0 Å². The molecule has 1 heterocycles. The lowest BCUT2D eigenvalue weighted by atomic mass is 10.0. The monoisotopic (exact) mass is 460 g/mol. The Hall–Kier alpha value is -3.41. The maximum Gasteiger partial charge on any atom is 0.256 e. The van der Waals surface area contributed by atoms with E-state index in [9.17, 15) is 9.59 Å². The molecular weight excluding hydrogens is 436 g/mol. The number of carbonyl (C=O) groups is 2. The molecule has 168 valence electrons. The molecule has 2 N–H and O–H groups in total. The molecule has 1 saturated heterocycles. The molecule has 0 unspecified atom stereocenters. The van der Waals surface area contributed by atoms with Crippen LogP contribution in [-0.4, -0.2) is 31.1 Å². The highest BCUT2D eigenvalue weighted by molar-refractivity contribution is 6.34. The van der Waals surface area contributed by atoms with Gasteiger partial charge in [0.25, 0.3) is 11.8 Å². The van der Waals surface area contributed by atoms with Crippen molar-refractivity contribution >= 4 is 40.8 Å². The van der Waals surface area contributed by atoms with E-state index in [1.165, 1.54) is 0 Å². The summed E-state index contributed by atoms with van der Waals surface area (Å²) in [5, 5.41) is 6.38. The van der Waals surface area contributed by atoms with Gasteiger partial charge in [-0.3, -0.25) is 9.59 Å². The van der Waals surface area contributed by atoms with Crippen molar-refractivity contribution in [3.05, 3.63) is 101 Å². The molecule has 0 aliphatic carbocycles. The quantitative estimate of drug-likeness (QED) is 0.365. The first kappa shape index (κ1) is 22.8. The number of para-hydroxylation sites is 1. The SMILES string of the molecule is O=C(Nc1ccccc1C(=O)NC[C@H]1CCCO1)/C(=C/c1ccccc1Cl)c1ccccc1. The minimum atomic E-state index is -0.333. The smallest absolute Gasteiger partial charge is 0.256 e. The predicted octanol–water partition coefficient (Wildman–Crippen LogP) is 5.43. The summed E-state index contributed by atoms with van der Waals surface area (Å²) >= 11 is 6.34. The Balaban J connectivity index is 1.58. The van der Waals surface area contributed by atoms with Crippen molar-refractivity contribution in [2.45, 2.75) is 18.9 Å². The summed E-state index contributed by atoms with van der Waals surface area (Å²) in [6.07, 6.45) is 3.74. The molecule has 3 aromatic carbocycles. The molecule has 0 saturated carbocycles. The van der Waals surface area contributed by atoms with Crippen molar-refractivity contribution in [1.29, 1.82) is 0 Å². The second-order valence-electron chi connectivity index (χ2n) is 7.79. The number of ether oxygens (including phenoxy) is 1. The first-order chi connectivity index (χ1) is 16.1. The van der Waals surface area contributed by atoms with E-state index in [1.807, 2.05) is 48.5 Å². The van der Waals surface area contributed by atoms with Gasteiger partial charge in [-0.2, -0.15) is 0 Å². The number of anilines is 1. The number of rotatable bonds is 7. The van der Waals surface area contributed by atoms with Gasteiger partial charge in [0.2, 0.25) is 0 Å². The third-order valence-electron chi connectivity index (χ3n) is 5.47. The molecule has 0 spiro atoms. The molecule has 33 heavy (non-hydrogen) atoms. The van der Waals surface area contributed by atoms with Crippen LogP contribution in [0.3, 0.4) is 0 Å². The lowest BCUT2D eigenvalue weighted by Gasteiger charge is -2.15. The highest BCUT2D eigenvalue weighted by atomic mass is 35.5. The minimum absolute atomic E-state index is 0.0407. The van der Waals surface area contributed by atoms with Gasteiger partial charge in [-0.05, 0) is 48.2 Å². The number of hydrogen-bond donors (Lipinski definition) is 2. The van der Waals surface area contributed by atoms with E-state index < -0.39 is 0 Å². The molecule has 1 aliphatic heterocycles. The summed E-state index contributed by atoms with van der Waals surface area (Å²) in [5.74, 6) is -0.585. The van der Waals surface area contributed by atoms with Crippen molar-refractivity contribution in [2.24, 2.45) is 0 Å². The number of carbonyl (C=O) groups excluding carboxylic acids is 2. The van der Waals surface area contributed by atoms with Crippen LogP contribution in [0.2, 0.25) is 5.02 Å². The molecule has 4 rings (SSSR count). The van der Waals surface area contributed by atoms with E-state index in [2.05, 4.69) is 10.6 Å². The molecule has 5 nitrogen and oxygen atoms in total. The molecule has 0 radical (unpaired) electrons. The Bertz CT molecular complexity index is 1150. The second-order valence-corrected chi connectivity index (χ2v) is 8.20. The van der Waals surface area contributed by atoms with Crippen LogP contribution in [-0.2, 0) is 9.53 Å². The molecule has 0 bridgehead atoms. The average Bonchev–Trinajstić information content (AvgIpc) is 3.36. The zero-order chi connectivity index (χ0) is 23.0. The van der Waals surface area contributed by atoms with Gasteiger partial charge in [-0.25, -0.2) is 0 Å². The van der Waals surface area contributed by atoms with Crippen LogP contribution in [0.25, 0.3) is 11.6 Å². The Morgan fingerprint density at radius 1 is 0.970 bits per heavy atom. The third-order valence-corrected chi connectivity index (χ3v) is 5.81. The third kappa shape index (κ3) is 5.89. The molecule has 2 amide bonds. The number of hydrogen-bond acceptors (Lipinski definition) is 3. The molecule has 1 aliphatic rings. The topological polar surface area (TPSA) is 67.4 Å². The molecular formula is C27H25ClN2O3. The van der Waals surface area contributed by atoms with Crippen LogP contribution < -0.4 is 10.6 Å². The van der Waals surface area contributed by atoms with E-state index >= 15 is 0 Å². The van der Waals surface area contributed by atoms with Crippen molar-refractivity contribution in [3.8, 4) is 0 Å². The molecule has 0 aromatic heterocycles. The lowest BCUT2D eigenvalue weighted by molar-refractivity contribution is -0.111. The average molecular weight is 461 g/mol. The number of benzene rings is 3. The number of amides is 2. The van der Waals surface area contributed by atoms with E-state index in [4.69, 9.17) is 16.3 Å². The van der Waals surface area contributed by atoms with E-state index in [-0.39, 0.29) is 17.9 Å². The van der Waals surface area contributed by atoms with Crippen molar-refractivity contribution in [2.75, 3.05) is 18.5 Å². The van der Waals surface area contributed by atoms with E-state index in [1.54, 1.807) is 36.4 Å². The normalized spacial score (nSPS) is 15.8. The second kappa shape index (κ2) is 10.9. The Morgan fingerprint density at radius 2 is 1.70 bits per heavy atom. The first-order valence-corrected chi connectivity index (χ1v) is 11.3. The zero-order valence-corrected chi connectivity index (χ0v) is 18.8. The maximum absolute atomic E-state index is 13.4. The van der Waals surface area contributed by atoms with Crippen molar-refractivity contribution < 1.29 is 14.3 Å². The maximum atomic E-state index is 13.4. The minimum Gasteiger partial charge on any atom is -0.376 e. The number of nitrogens with one attached hydrogen (secondary N) is 2. The van der Waals surface area contributed by atoms with Gasteiger partial charge in [-0.1, -0.05) is 72.3 Å². The van der Waals surface area contributed by atoms with Crippen LogP contribution in [0.15, 0.2) is 78.9 Å². The zero-order valence-electron chi connectivity index (χ0n) is 18.1. The van der Waals surface area contributed by atoms with Crippen LogP contribution in [0.4, 0.5) is 5.69 Å². The van der Waals surface area contributed by atoms with Gasteiger partial charge in [0, 0.05) is 23.7 Å². The van der Waals surface area contributed by atoms with Gasteiger partial charge < -0.3 is 15.4 Å². The fourth-order valence-electron chi connectivity index (χ4n) is 3.73. The molecule has 3 aromatic rings. The molecule has 1 fully saturated rings. The largest absolute Gasteiger partial charge is 0.376 e. The fraction of sp³-hybridized carbons (Fsp3) is 0.185. The Labute approximate surface area is 198 Å². The molecule has 1 atom stereocenters. The van der Waals surface area contributed by atoms with Gasteiger partial charge in [0.15, 0.2) is 0 Å². The lowest BCUT2D eigenvalue weighted by Crippen LogP contribution is -2.32. The molecule has 6 heteroatoms. The van der Waals surface area contributed by atoms with Crippen molar-refractivity contribution in [1.82, 2.24) is 5.32 Å². The Morgan fingerprint density at radius 3 is 2.45 bits per heavy atom. The van der Waals surface area contributed by atoms with Crippen LogP contribution in [0.1, 0.15) is 34.3 Å². The van der Waals surface area contributed by atoms with Gasteiger partial charge in [0.05, 0.1) is 17.4 Å². The van der Waals surface area contributed by atoms with Gasteiger partial charge in [-0.15, -0.1) is 0 Å². The van der Waals surface area contributed by atoms with E-state index in [0.717, 1.165) is 30.6 Å². The highest BCUT2D eigenvalue weighted by Gasteiger charge is 2.20. The number of halogens is 1. The fourth-order valence-corrected chi connectivity index (χ4v) is 3.92. The first-order valence-electron chi connectivity index (χ1n) is 10.9. The summed E-state index contributed by atoms with van der Waals surface area (Å²) in [4.78, 5) is 26.2. The Kier molecular flexibility index (Phi) is 7.55. The predicted molar refractivity (Wildman–Crippen MR) is 132 cm³/mol. The van der Waals surface area contributed by atoms with Crippen LogP contribution in [0, 0.1) is 0 Å². The van der Waals surface area contributed by atoms with Crippen LogP contribution >= 0.6 is 11.6 Å². The summed E-state index contributed by atoms with van der Waals surface area (Å²) in [7, 11) is 0. The standard InChI is InChI=1S/C27H25ClN2O3/c28-24-14-6-4-11-20(24)17-23(19-9-2-1-3-10-19)27(32)30-25-15-7-5-13-22(25)26(31)29-18-21-12-8-16-33-21/h1-7,9-11,13-15,17,21H,8,12,16,18H2,(H,29,31)(H,30,32)/b23-17+/t21-/m1/s1. The summed E-state index contributed by atoms with van der Waals surface area (Å²) < 4.78 is 5.58. The summed E-state index contributed by atoms with van der Waals surface area (Å²) in [6, 6.07) is 23.7. The van der Waals surface area contributed by atoms with E-state index in [0.29, 0.717) is 28.4 Å². The van der Waals surface area contributed by atoms with Gasteiger partial charge in [0.1, 0.15) is 0 Å². The summed E-state index contributed by atoms with van der Waals surface area (Å²) in [6.45, 7) is 1.18. The highest BCUT2D eigenvalue weighted by Crippen LogP contribution is 2.25. The summed E-state index contributed by atoms with van der Waals surface area (Å²) in [5.41, 5.74) is 2.76.